The predicted octanol–water partition coefficient (Wildman–Crippen LogP) is 3.55. The molecule has 0 unspecified atom stereocenters. The van der Waals surface area contributed by atoms with E-state index >= 15 is 0 Å². The summed E-state index contributed by atoms with van der Waals surface area (Å²) in [5.41, 5.74) is 2.95. The summed E-state index contributed by atoms with van der Waals surface area (Å²) in [6.45, 7) is 6.41. The number of amides is 2. The van der Waals surface area contributed by atoms with E-state index in [1.54, 1.807) is 23.3 Å². The van der Waals surface area contributed by atoms with E-state index in [0.717, 1.165) is 32.4 Å². The van der Waals surface area contributed by atoms with E-state index in [9.17, 15) is 4.79 Å². The predicted molar refractivity (Wildman–Crippen MR) is 101 cm³/mol. The van der Waals surface area contributed by atoms with Crippen LogP contribution in [0, 0.1) is 13.8 Å². The van der Waals surface area contributed by atoms with Crippen LogP contribution < -0.4 is 5.32 Å². The van der Waals surface area contributed by atoms with Gasteiger partial charge in [0.2, 0.25) is 0 Å². The van der Waals surface area contributed by atoms with Gasteiger partial charge in [0, 0.05) is 19.0 Å². The van der Waals surface area contributed by atoms with Crippen molar-refractivity contribution in [1.82, 2.24) is 24.8 Å². The van der Waals surface area contributed by atoms with Crippen LogP contribution >= 0.6 is 11.3 Å². The molecule has 2 amide bonds. The Morgan fingerprint density at radius 2 is 2.04 bits per heavy atom. The summed E-state index contributed by atoms with van der Waals surface area (Å²) in [6, 6.07) is 7.73. The van der Waals surface area contributed by atoms with Crippen LogP contribution in [0.1, 0.15) is 34.4 Å². The van der Waals surface area contributed by atoms with Crippen LogP contribution in [0.3, 0.4) is 0 Å². The molecule has 1 N–H and O–H groups in total. The van der Waals surface area contributed by atoms with Gasteiger partial charge in [0.25, 0.3) is 0 Å². The van der Waals surface area contributed by atoms with Gasteiger partial charge in [-0.25, -0.2) is 14.8 Å². The fraction of sp³-hybridized carbons (Fsp3) is 0.389. The van der Waals surface area contributed by atoms with Gasteiger partial charge in [0.1, 0.15) is 5.82 Å². The molecule has 3 rings (SSSR count). The molecule has 1 atom stereocenters. The van der Waals surface area contributed by atoms with Gasteiger partial charge >= 0.3 is 6.03 Å². The molecule has 0 aliphatic heterocycles. The molecule has 0 spiro atoms. The second-order valence-corrected chi connectivity index (χ2v) is 7.60. The molecular formula is C18H23N5OS. The quantitative estimate of drug-likeness (QED) is 0.777. The lowest BCUT2D eigenvalue weighted by atomic mass is 10.2. The number of hydrogen-bond acceptors (Lipinski definition) is 4. The van der Waals surface area contributed by atoms with Gasteiger partial charge in [-0.1, -0.05) is 12.1 Å². The average Bonchev–Trinajstić information content (AvgIpc) is 3.10. The van der Waals surface area contributed by atoms with Gasteiger partial charge in [-0.2, -0.15) is 0 Å². The lowest BCUT2D eigenvalue weighted by molar-refractivity contribution is 0.192. The summed E-state index contributed by atoms with van der Waals surface area (Å²) in [4.78, 5) is 24.5. The van der Waals surface area contributed by atoms with Crippen molar-refractivity contribution in [2.75, 3.05) is 7.05 Å². The molecule has 0 fully saturated rings. The molecule has 0 radical (unpaired) electrons. The minimum atomic E-state index is -0.135. The molecule has 132 valence electrons. The normalized spacial score (nSPS) is 12.4. The van der Waals surface area contributed by atoms with Crippen molar-refractivity contribution in [3.05, 3.63) is 45.7 Å². The minimum Gasteiger partial charge on any atom is -0.331 e. The van der Waals surface area contributed by atoms with E-state index in [0.29, 0.717) is 6.54 Å². The largest absolute Gasteiger partial charge is 0.331 e. The van der Waals surface area contributed by atoms with Gasteiger partial charge < -0.3 is 14.8 Å². The Hall–Kier alpha value is -2.41. The zero-order valence-corrected chi connectivity index (χ0v) is 16.0. The second kappa shape index (κ2) is 6.84. The van der Waals surface area contributed by atoms with E-state index in [1.165, 1.54) is 0 Å². The van der Waals surface area contributed by atoms with E-state index in [-0.39, 0.29) is 12.1 Å². The highest BCUT2D eigenvalue weighted by Gasteiger charge is 2.22. The van der Waals surface area contributed by atoms with Crippen molar-refractivity contribution in [1.29, 1.82) is 0 Å². The average molecular weight is 357 g/mol. The van der Waals surface area contributed by atoms with E-state index in [1.807, 2.05) is 56.7 Å². The first-order valence-corrected chi connectivity index (χ1v) is 9.05. The zero-order valence-electron chi connectivity index (χ0n) is 15.2. The molecule has 2 heterocycles. The molecule has 0 saturated heterocycles. The number of benzene rings is 1. The molecule has 0 bridgehead atoms. The maximum Gasteiger partial charge on any atom is 0.318 e. The first-order valence-electron chi connectivity index (χ1n) is 8.23. The van der Waals surface area contributed by atoms with Crippen LogP contribution in [0.15, 0.2) is 24.3 Å². The van der Waals surface area contributed by atoms with Crippen molar-refractivity contribution in [3.63, 3.8) is 0 Å². The van der Waals surface area contributed by atoms with Crippen LogP contribution in [-0.4, -0.2) is 32.5 Å². The van der Waals surface area contributed by atoms with Crippen LogP contribution in [0.4, 0.5) is 4.79 Å². The highest BCUT2D eigenvalue weighted by atomic mass is 32.1. The monoisotopic (exact) mass is 357 g/mol. The van der Waals surface area contributed by atoms with Crippen molar-refractivity contribution in [2.24, 2.45) is 7.05 Å². The van der Waals surface area contributed by atoms with Crippen LogP contribution in [0.25, 0.3) is 11.0 Å². The zero-order chi connectivity index (χ0) is 18.1. The van der Waals surface area contributed by atoms with Crippen molar-refractivity contribution >= 4 is 28.4 Å². The Labute approximate surface area is 151 Å². The second-order valence-electron chi connectivity index (χ2n) is 6.20. The number of rotatable bonds is 4. The maximum absolute atomic E-state index is 12.5. The molecule has 7 heteroatoms. The van der Waals surface area contributed by atoms with Crippen molar-refractivity contribution in [3.8, 4) is 0 Å². The molecule has 0 aliphatic carbocycles. The smallest absolute Gasteiger partial charge is 0.318 e. The number of aromatic nitrogens is 3. The summed E-state index contributed by atoms with van der Waals surface area (Å²) in [6.07, 6.45) is 0. The Morgan fingerprint density at radius 3 is 2.68 bits per heavy atom. The van der Waals surface area contributed by atoms with Gasteiger partial charge in [-0.3, -0.25) is 0 Å². The van der Waals surface area contributed by atoms with Crippen molar-refractivity contribution < 1.29 is 4.79 Å². The van der Waals surface area contributed by atoms with Crippen LogP contribution in [0.5, 0.6) is 0 Å². The molecule has 1 aromatic carbocycles. The van der Waals surface area contributed by atoms with E-state index in [4.69, 9.17) is 0 Å². The van der Waals surface area contributed by atoms with Gasteiger partial charge in [-0.05, 0) is 32.9 Å². The number of nitrogens with zero attached hydrogens (tertiary/aromatic N) is 4. The number of thiazole rings is 1. The first-order chi connectivity index (χ1) is 11.9. The maximum atomic E-state index is 12.5. The summed E-state index contributed by atoms with van der Waals surface area (Å²) in [5, 5.41) is 3.98. The standard InChI is InChI=1S/C18H23N5OS/c1-11(17-12(2)25-13(3)20-17)22(4)18(24)19-10-16-21-14-8-6-7-9-15(14)23(16)5/h6-9,11H,10H2,1-5H3,(H,19,24)/t11-/m1/s1. The molecule has 0 saturated carbocycles. The molecule has 2 aromatic heterocycles. The number of nitrogens with one attached hydrogen (secondary N) is 1. The summed E-state index contributed by atoms with van der Waals surface area (Å²) in [7, 11) is 3.76. The topological polar surface area (TPSA) is 63.1 Å². The molecule has 6 nitrogen and oxygen atoms in total. The summed E-state index contributed by atoms with van der Waals surface area (Å²) >= 11 is 1.66. The third-order valence-corrected chi connectivity index (χ3v) is 5.42. The Bertz CT molecular complexity index is 913. The number of aryl methyl sites for hydroxylation is 3. The highest BCUT2D eigenvalue weighted by Crippen LogP contribution is 2.26. The first kappa shape index (κ1) is 17.4. The molecular weight excluding hydrogens is 334 g/mol. The minimum absolute atomic E-state index is 0.0783. The van der Waals surface area contributed by atoms with E-state index in [2.05, 4.69) is 15.3 Å². The lowest BCUT2D eigenvalue weighted by Crippen LogP contribution is -2.39. The SMILES string of the molecule is Cc1nc([C@@H](C)N(C)C(=O)NCc2nc3ccccc3n2C)c(C)s1. The Kier molecular flexibility index (Phi) is 4.76. The molecule has 0 aliphatic rings. The van der Waals surface area contributed by atoms with Gasteiger partial charge in [0.15, 0.2) is 0 Å². The number of hydrogen-bond donors (Lipinski definition) is 1. The van der Waals surface area contributed by atoms with Crippen LogP contribution in [-0.2, 0) is 13.6 Å². The highest BCUT2D eigenvalue weighted by molar-refractivity contribution is 7.11. The fourth-order valence-corrected chi connectivity index (χ4v) is 3.83. The van der Waals surface area contributed by atoms with Crippen LogP contribution in [0.2, 0.25) is 0 Å². The lowest BCUT2D eigenvalue weighted by Gasteiger charge is -2.24. The number of fused-ring (bicyclic) bond motifs is 1. The van der Waals surface area contributed by atoms with Crippen molar-refractivity contribution in [2.45, 2.75) is 33.4 Å². The molecule has 3 aromatic rings. The Morgan fingerprint density at radius 1 is 1.32 bits per heavy atom. The number of imidazole rings is 1. The molecule has 25 heavy (non-hydrogen) atoms. The van der Waals surface area contributed by atoms with Gasteiger partial charge in [-0.15, -0.1) is 11.3 Å². The summed E-state index contributed by atoms with van der Waals surface area (Å²) < 4.78 is 2.01. The third kappa shape index (κ3) is 3.37. The number of carbonyl (C=O) groups excluding carboxylic acids is 1. The van der Waals surface area contributed by atoms with E-state index < -0.39 is 0 Å². The summed E-state index contributed by atoms with van der Waals surface area (Å²) in [5.74, 6) is 0.830. The fourth-order valence-electron chi connectivity index (χ4n) is 2.92. The number of urea groups is 1. The van der Waals surface area contributed by atoms with Gasteiger partial charge in [0.05, 0.1) is 34.3 Å². The third-order valence-electron chi connectivity index (χ3n) is 4.51. The number of carbonyl (C=O) groups is 1. The Balaban J connectivity index is 1.69. The number of para-hydroxylation sites is 2.